The highest BCUT2D eigenvalue weighted by molar-refractivity contribution is 6.36. The van der Waals surface area contributed by atoms with Gasteiger partial charge < -0.3 is 10.2 Å². The third-order valence-electron chi connectivity index (χ3n) is 0.773. The number of carboxylic acid groups (broad SMARTS) is 1. The van der Waals surface area contributed by atoms with Crippen molar-refractivity contribution in [1.82, 2.24) is 0 Å². The molecule has 0 bridgehead atoms. The van der Waals surface area contributed by atoms with Crippen LogP contribution < -0.4 is 0 Å². The van der Waals surface area contributed by atoms with E-state index < -0.39 is 30.6 Å². The lowest BCUT2D eigenvalue weighted by Gasteiger charge is -1.89. The fourth-order valence-corrected chi connectivity index (χ4v) is 0.311. The van der Waals surface area contributed by atoms with Crippen LogP contribution in [-0.4, -0.2) is 34.4 Å². The van der Waals surface area contributed by atoms with Crippen LogP contribution in [0.25, 0.3) is 0 Å². The lowest BCUT2D eigenvalue weighted by Crippen LogP contribution is -2.18. The van der Waals surface area contributed by atoms with Gasteiger partial charge in [-0.1, -0.05) is 0 Å². The highest BCUT2D eigenvalue weighted by Crippen LogP contribution is 1.84. The molecule has 0 aromatic heterocycles. The van der Waals surface area contributed by atoms with E-state index in [1.165, 1.54) is 0 Å². The van der Waals surface area contributed by atoms with Gasteiger partial charge >= 0.3 is 5.97 Å². The number of Topliss-reactive ketones (excluding diaryl/α,β-unsaturated/α-hetero) is 2. The van der Waals surface area contributed by atoms with Gasteiger partial charge in [-0.05, 0) is 0 Å². The molecule has 5 heteroatoms. The van der Waals surface area contributed by atoms with Crippen molar-refractivity contribution in [3.8, 4) is 0 Å². The smallest absolute Gasteiger partial charge is 0.372 e. The van der Waals surface area contributed by atoms with Crippen molar-refractivity contribution in [3.63, 3.8) is 0 Å². The lowest BCUT2D eigenvalue weighted by atomic mass is 10.2. The number of carboxylic acids is 1. The Morgan fingerprint density at radius 1 is 1.20 bits per heavy atom. The second kappa shape index (κ2) is 3.73. The Balaban J connectivity index is 3.80. The fourth-order valence-electron chi connectivity index (χ4n) is 0.311. The van der Waals surface area contributed by atoms with Crippen LogP contribution in [0.1, 0.15) is 6.42 Å². The van der Waals surface area contributed by atoms with Gasteiger partial charge in [0.2, 0.25) is 5.78 Å². The Morgan fingerprint density at radius 2 is 1.70 bits per heavy atom. The minimum atomic E-state index is -1.65. The normalized spacial score (nSPS) is 8.90. The third-order valence-corrected chi connectivity index (χ3v) is 0.773. The lowest BCUT2D eigenvalue weighted by molar-refractivity contribution is -0.150. The molecule has 0 fully saturated rings. The maximum atomic E-state index is 10.2. The minimum absolute atomic E-state index is 0.730. The number of aliphatic hydroxyl groups excluding tert-OH is 1. The van der Waals surface area contributed by atoms with Gasteiger partial charge in [-0.15, -0.1) is 0 Å². The SMILES string of the molecule is O=C(CO)CC(=O)C(=O)O. The molecule has 0 aliphatic rings. The zero-order chi connectivity index (χ0) is 8.15. The maximum Gasteiger partial charge on any atom is 0.372 e. The third kappa shape index (κ3) is 2.93. The largest absolute Gasteiger partial charge is 0.475 e. The van der Waals surface area contributed by atoms with Gasteiger partial charge in [0.1, 0.15) is 6.61 Å². The monoisotopic (exact) mass is 146 g/mol. The van der Waals surface area contributed by atoms with Gasteiger partial charge in [0.15, 0.2) is 5.78 Å². The molecule has 0 aliphatic carbocycles. The van der Waals surface area contributed by atoms with E-state index in [0.717, 1.165) is 0 Å². The molecule has 0 atom stereocenters. The molecule has 0 aliphatic heterocycles. The highest BCUT2D eigenvalue weighted by atomic mass is 16.4. The summed E-state index contributed by atoms with van der Waals surface area (Å²) in [5, 5.41) is 16.0. The first kappa shape index (κ1) is 8.77. The first-order chi connectivity index (χ1) is 4.57. The number of rotatable bonds is 4. The molecule has 56 valence electrons. The Labute approximate surface area is 56.3 Å². The first-order valence-electron chi connectivity index (χ1n) is 2.46. The number of hydrogen-bond donors (Lipinski definition) is 2. The van der Waals surface area contributed by atoms with Gasteiger partial charge in [0, 0.05) is 0 Å². The van der Waals surface area contributed by atoms with Crippen molar-refractivity contribution in [2.75, 3.05) is 6.61 Å². The Morgan fingerprint density at radius 3 is 2.00 bits per heavy atom. The van der Waals surface area contributed by atoms with E-state index in [9.17, 15) is 14.4 Å². The predicted octanol–water partition coefficient (Wildman–Crippen LogP) is -1.41. The molecule has 0 aromatic rings. The molecule has 10 heavy (non-hydrogen) atoms. The zero-order valence-electron chi connectivity index (χ0n) is 5.03. The molecule has 0 heterocycles. The highest BCUT2D eigenvalue weighted by Gasteiger charge is 2.14. The van der Waals surface area contributed by atoms with E-state index in [1.807, 2.05) is 0 Å². The second-order valence-electron chi connectivity index (χ2n) is 1.60. The van der Waals surface area contributed by atoms with Crippen LogP contribution >= 0.6 is 0 Å². The van der Waals surface area contributed by atoms with E-state index in [0.29, 0.717) is 0 Å². The van der Waals surface area contributed by atoms with Crippen molar-refractivity contribution in [3.05, 3.63) is 0 Å². The summed E-state index contributed by atoms with van der Waals surface area (Å²) in [5.74, 6) is -3.63. The van der Waals surface area contributed by atoms with E-state index in [4.69, 9.17) is 10.2 Å². The van der Waals surface area contributed by atoms with E-state index in [2.05, 4.69) is 0 Å². The topological polar surface area (TPSA) is 91.7 Å². The van der Waals surface area contributed by atoms with Crippen molar-refractivity contribution in [2.45, 2.75) is 6.42 Å². The molecular formula is C5H6O5. The summed E-state index contributed by atoms with van der Waals surface area (Å²) < 4.78 is 0. The molecule has 2 N–H and O–H groups in total. The number of hydrogen-bond acceptors (Lipinski definition) is 4. The van der Waals surface area contributed by atoms with Crippen molar-refractivity contribution < 1.29 is 24.6 Å². The summed E-state index contributed by atoms with van der Waals surface area (Å²) in [4.78, 5) is 30.1. The summed E-state index contributed by atoms with van der Waals surface area (Å²) in [6.45, 7) is -0.793. The van der Waals surface area contributed by atoms with Crippen LogP contribution in [0.15, 0.2) is 0 Å². The summed E-state index contributed by atoms with van der Waals surface area (Å²) in [5.41, 5.74) is 0. The van der Waals surface area contributed by atoms with Crippen LogP contribution in [0.5, 0.6) is 0 Å². The second-order valence-corrected chi connectivity index (χ2v) is 1.60. The fraction of sp³-hybridized carbons (Fsp3) is 0.400. The minimum Gasteiger partial charge on any atom is -0.475 e. The first-order valence-corrected chi connectivity index (χ1v) is 2.46. The summed E-state index contributed by atoms with van der Waals surface area (Å²) >= 11 is 0. The van der Waals surface area contributed by atoms with Gasteiger partial charge in [-0.2, -0.15) is 0 Å². The number of aliphatic carboxylic acids is 1. The van der Waals surface area contributed by atoms with Crippen LogP contribution in [-0.2, 0) is 14.4 Å². The quantitative estimate of drug-likeness (QED) is 0.375. The number of ketones is 2. The van der Waals surface area contributed by atoms with Crippen molar-refractivity contribution in [1.29, 1.82) is 0 Å². The molecule has 0 saturated carbocycles. The molecule has 0 unspecified atom stereocenters. The number of aliphatic hydroxyl groups is 1. The maximum absolute atomic E-state index is 10.2. The number of carbonyl (C=O) groups is 3. The predicted molar refractivity (Wildman–Crippen MR) is 29.4 cm³/mol. The molecular weight excluding hydrogens is 140 g/mol. The Hall–Kier alpha value is -1.23. The van der Waals surface area contributed by atoms with Crippen LogP contribution in [0.2, 0.25) is 0 Å². The van der Waals surface area contributed by atoms with Crippen LogP contribution in [0.4, 0.5) is 0 Å². The van der Waals surface area contributed by atoms with Gasteiger partial charge in [0.05, 0.1) is 6.42 Å². The Kier molecular flexibility index (Phi) is 3.27. The van der Waals surface area contributed by atoms with Crippen LogP contribution in [0.3, 0.4) is 0 Å². The average molecular weight is 146 g/mol. The average Bonchev–Trinajstić information content (AvgIpc) is 1.87. The van der Waals surface area contributed by atoms with E-state index >= 15 is 0 Å². The van der Waals surface area contributed by atoms with E-state index in [-0.39, 0.29) is 0 Å². The summed E-state index contributed by atoms with van der Waals surface area (Å²) in [6, 6.07) is 0. The van der Waals surface area contributed by atoms with Gasteiger partial charge in [-0.25, -0.2) is 4.79 Å². The molecule has 0 rings (SSSR count). The van der Waals surface area contributed by atoms with E-state index in [1.54, 1.807) is 0 Å². The molecule has 0 spiro atoms. The summed E-state index contributed by atoms with van der Waals surface area (Å²) in [7, 11) is 0. The molecule has 0 amide bonds. The molecule has 5 nitrogen and oxygen atoms in total. The van der Waals surface area contributed by atoms with Gasteiger partial charge in [-0.3, -0.25) is 9.59 Å². The molecule has 0 aromatic carbocycles. The Bertz CT molecular complexity index is 171. The molecule has 0 radical (unpaired) electrons. The summed E-state index contributed by atoms with van der Waals surface area (Å²) in [6.07, 6.45) is -0.730. The molecule has 0 saturated heterocycles. The van der Waals surface area contributed by atoms with Gasteiger partial charge in [0.25, 0.3) is 0 Å². The zero-order valence-corrected chi connectivity index (χ0v) is 5.03. The van der Waals surface area contributed by atoms with Crippen LogP contribution in [0, 0.1) is 0 Å². The van der Waals surface area contributed by atoms with Crippen molar-refractivity contribution in [2.24, 2.45) is 0 Å². The van der Waals surface area contributed by atoms with Crippen molar-refractivity contribution >= 4 is 17.5 Å². The standard InChI is InChI=1S/C5H6O5/c6-2-3(7)1-4(8)5(9)10/h6H,1-2H2,(H,9,10). The number of carbonyl (C=O) groups excluding carboxylic acids is 2.